The lowest BCUT2D eigenvalue weighted by molar-refractivity contribution is -0.117. The lowest BCUT2D eigenvalue weighted by Crippen LogP contribution is -2.19. The quantitative estimate of drug-likeness (QED) is 0.768. The molecule has 0 saturated carbocycles. The second-order valence-electron chi connectivity index (χ2n) is 4.11. The minimum atomic E-state index is -0.402. The van der Waals surface area contributed by atoms with Gasteiger partial charge in [-0.1, -0.05) is 24.2 Å². The molecule has 100 valence electrons. The first-order valence-corrected chi connectivity index (χ1v) is 5.57. The highest BCUT2D eigenvalue weighted by atomic mass is 16.4. The molecule has 2 rings (SSSR count). The number of nitrogens with zero attached hydrogens (tertiary/aromatic N) is 5. The van der Waals surface area contributed by atoms with Gasteiger partial charge in [-0.2, -0.15) is 0 Å². The molecule has 0 bridgehead atoms. The van der Waals surface area contributed by atoms with Gasteiger partial charge < -0.3 is 4.42 Å². The zero-order chi connectivity index (χ0) is 13.8. The molecule has 0 aromatic carbocycles. The van der Waals surface area contributed by atoms with E-state index < -0.39 is 5.91 Å². The summed E-state index contributed by atoms with van der Waals surface area (Å²) >= 11 is 0. The summed E-state index contributed by atoms with van der Waals surface area (Å²) in [5.74, 6) is 0.129. The predicted octanol–water partition coefficient (Wildman–Crippen LogP) is 0.236. The minimum absolute atomic E-state index is 0.0319. The average molecular weight is 264 g/mol. The van der Waals surface area contributed by atoms with Gasteiger partial charge in [0, 0.05) is 5.92 Å². The molecule has 0 radical (unpaired) electrons. The minimum Gasteiger partial charge on any atom is -0.408 e. The Morgan fingerprint density at radius 2 is 2.26 bits per heavy atom. The molecule has 1 N–H and O–H groups in total. The summed E-state index contributed by atoms with van der Waals surface area (Å²) < 4.78 is 6.46. The first-order valence-electron chi connectivity index (χ1n) is 5.57. The Balaban J connectivity index is 1.94. The summed E-state index contributed by atoms with van der Waals surface area (Å²) in [5.41, 5.74) is 0.160. The van der Waals surface area contributed by atoms with Crippen LogP contribution in [-0.2, 0) is 11.3 Å². The maximum atomic E-state index is 11.6. The van der Waals surface area contributed by atoms with Crippen molar-refractivity contribution in [1.29, 1.82) is 0 Å². The molecule has 0 atom stereocenters. The number of rotatable bonds is 5. The molecule has 0 unspecified atom stereocenters. The van der Waals surface area contributed by atoms with E-state index in [-0.39, 0.29) is 24.2 Å². The fourth-order valence-corrected chi connectivity index (χ4v) is 1.27. The van der Waals surface area contributed by atoms with E-state index in [1.54, 1.807) is 0 Å². The molecule has 0 saturated heterocycles. The van der Waals surface area contributed by atoms with E-state index in [9.17, 15) is 9.59 Å². The van der Waals surface area contributed by atoms with Crippen molar-refractivity contribution in [2.45, 2.75) is 26.3 Å². The standard InChI is InChI=1S/C10H12N6O3/c1-6(2)9-13-14-10(19-9)11-8(18)4-16-3-7(5-17)12-15-16/h3,5-6H,4H2,1-2H3,(H,11,14,18). The number of anilines is 1. The van der Waals surface area contributed by atoms with Crippen LogP contribution in [0, 0.1) is 0 Å². The Hall–Kier alpha value is -2.58. The smallest absolute Gasteiger partial charge is 0.322 e. The van der Waals surface area contributed by atoms with Crippen LogP contribution in [0.4, 0.5) is 6.01 Å². The third-order valence-corrected chi connectivity index (χ3v) is 2.16. The number of carbonyl (C=O) groups excluding carboxylic acids is 2. The SMILES string of the molecule is CC(C)c1nnc(NC(=O)Cn2cc(C=O)nn2)o1. The van der Waals surface area contributed by atoms with Crippen LogP contribution in [0.1, 0.15) is 36.1 Å². The van der Waals surface area contributed by atoms with Gasteiger partial charge in [0.15, 0.2) is 6.29 Å². The number of hydrogen-bond acceptors (Lipinski definition) is 7. The van der Waals surface area contributed by atoms with E-state index in [4.69, 9.17) is 4.42 Å². The number of aldehydes is 1. The van der Waals surface area contributed by atoms with Crippen molar-refractivity contribution in [1.82, 2.24) is 25.2 Å². The third kappa shape index (κ3) is 3.21. The van der Waals surface area contributed by atoms with Crippen LogP contribution in [0.2, 0.25) is 0 Å². The van der Waals surface area contributed by atoms with Crippen LogP contribution < -0.4 is 5.32 Å². The number of aromatic nitrogens is 5. The number of nitrogens with one attached hydrogen (secondary N) is 1. The van der Waals surface area contributed by atoms with E-state index in [0.29, 0.717) is 12.2 Å². The Labute approximate surface area is 108 Å². The number of amides is 1. The first kappa shape index (κ1) is 12.9. The average Bonchev–Trinajstić information content (AvgIpc) is 2.98. The highest BCUT2D eigenvalue weighted by molar-refractivity contribution is 5.88. The molecule has 0 spiro atoms. The molecule has 0 aliphatic rings. The molecule has 9 nitrogen and oxygen atoms in total. The van der Waals surface area contributed by atoms with Gasteiger partial charge >= 0.3 is 6.01 Å². The number of hydrogen-bond donors (Lipinski definition) is 1. The Morgan fingerprint density at radius 3 is 2.84 bits per heavy atom. The van der Waals surface area contributed by atoms with Crippen molar-refractivity contribution in [2.75, 3.05) is 5.32 Å². The van der Waals surface area contributed by atoms with Gasteiger partial charge in [0.25, 0.3) is 0 Å². The summed E-state index contributed by atoms with van der Waals surface area (Å²) in [5, 5.41) is 17.1. The second kappa shape index (κ2) is 5.38. The van der Waals surface area contributed by atoms with Crippen molar-refractivity contribution < 1.29 is 14.0 Å². The summed E-state index contributed by atoms with van der Waals surface area (Å²) in [6, 6.07) is 0.0319. The monoisotopic (exact) mass is 264 g/mol. The molecule has 0 fully saturated rings. The molecule has 9 heteroatoms. The van der Waals surface area contributed by atoms with Gasteiger partial charge in [-0.3, -0.25) is 14.9 Å². The lowest BCUT2D eigenvalue weighted by Gasteiger charge is -1.99. The molecule has 0 aliphatic carbocycles. The lowest BCUT2D eigenvalue weighted by atomic mass is 10.2. The van der Waals surface area contributed by atoms with E-state index in [1.807, 2.05) is 13.8 Å². The first-order chi connectivity index (χ1) is 9.08. The van der Waals surface area contributed by atoms with Crippen molar-refractivity contribution >= 4 is 18.2 Å². The van der Waals surface area contributed by atoms with Crippen LogP contribution in [0.15, 0.2) is 10.6 Å². The van der Waals surface area contributed by atoms with Crippen LogP contribution in [0.3, 0.4) is 0 Å². The summed E-state index contributed by atoms with van der Waals surface area (Å²) in [6.45, 7) is 3.70. The molecular formula is C10H12N6O3. The summed E-state index contributed by atoms with van der Waals surface area (Å²) in [4.78, 5) is 22.1. The summed E-state index contributed by atoms with van der Waals surface area (Å²) in [7, 11) is 0. The highest BCUT2D eigenvalue weighted by Gasteiger charge is 2.12. The summed E-state index contributed by atoms with van der Waals surface area (Å²) in [6.07, 6.45) is 1.91. The topological polar surface area (TPSA) is 116 Å². The maximum absolute atomic E-state index is 11.6. The zero-order valence-electron chi connectivity index (χ0n) is 10.4. The highest BCUT2D eigenvalue weighted by Crippen LogP contribution is 2.14. The molecule has 2 aromatic heterocycles. The van der Waals surface area contributed by atoms with E-state index in [2.05, 4.69) is 25.8 Å². The van der Waals surface area contributed by atoms with Gasteiger partial charge in [0.05, 0.1) is 6.20 Å². The fourth-order valence-electron chi connectivity index (χ4n) is 1.27. The third-order valence-electron chi connectivity index (χ3n) is 2.16. The van der Waals surface area contributed by atoms with E-state index >= 15 is 0 Å². The maximum Gasteiger partial charge on any atom is 0.322 e. The molecule has 1 amide bonds. The Morgan fingerprint density at radius 1 is 1.47 bits per heavy atom. The van der Waals surface area contributed by atoms with Crippen LogP contribution in [-0.4, -0.2) is 37.4 Å². The fraction of sp³-hybridized carbons (Fsp3) is 0.400. The molecule has 2 aromatic rings. The number of carbonyl (C=O) groups is 2. The van der Waals surface area contributed by atoms with Gasteiger partial charge in [0.1, 0.15) is 12.2 Å². The predicted molar refractivity (Wildman–Crippen MR) is 62.4 cm³/mol. The van der Waals surface area contributed by atoms with Gasteiger partial charge in [-0.05, 0) is 0 Å². The molecule has 2 heterocycles. The Kier molecular flexibility index (Phi) is 3.64. The van der Waals surface area contributed by atoms with Crippen molar-refractivity contribution in [3.8, 4) is 0 Å². The normalized spacial score (nSPS) is 10.7. The molecular weight excluding hydrogens is 252 g/mol. The van der Waals surface area contributed by atoms with Crippen LogP contribution in [0.5, 0.6) is 0 Å². The molecule has 0 aliphatic heterocycles. The van der Waals surface area contributed by atoms with Crippen LogP contribution >= 0.6 is 0 Å². The van der Waals surface area contributed by atoms with E-state index in [0.717, 1.165) is 0 Å². The van der Waals surface area contributed by atoms with Crippen molar-refractivity contribution in [2.24, 2.45) is 0 Å². The van der Waals surface area contributed by atoms with Gasteiger partial charge in [-0.15, -0.1) is 10.2 Å². The van der Waals surface area contributed by atoms with Gasteiger partial charge in [-0.25, -0.2) is 4.68 Å². The molecule has 19 heavy (non-hydrogen) atoms. The van der Waals surface area contributed by atoms with E-state index in [1.165, 1.54) is 10.9 Å². The second-order valence-corrected chi connectivity index (χ2v) is 4.11. The largest absolute Gasteiger partial charge is 0.408 e. The van der Waals surface area contributed by atoms with Gasteiger partial charge in [0.2, 0.25) is 11.8 Å². The van der Waals surface area contributed by atoms with Crippen molar-refractivity contribution in [3.63, 3.8) is 0 Å². The van der Waals surface area contributed by atoms with Crippen LogP contribution in [0.25, 0.3) is 0 Å². The van der Waals surface area contributed by atoms with Crippen molar-refractivity contribution in [3.05, 3.63) is 17.8 Å². The zero-order valence-corrected chi connectivity index (χ0v) is 10.4. The Bertz CT molecular complexity index is 588.